The van der Waals surface area contributed by atoms with Crippen molar-refractivity contribution in [2.75, 3.05) is 14.2 Å². The van der Waals surface area contributed by atoms with Gasteiger partial charge in [0.2, 0.25) is 5.30 Å². The van der Waals surface area contributed by atoms with Crippen molar-refractivity contribution in [3.05, 3.63) is 70.8 Å². The fraction of sp³-hybridized carbons (Fsp3) is 0.419. The SMILES string of the molecule is COc1cccc(OC)c1-c1cccc2c1[P+](=O)[C@H](Cc1c(C(C)C)cc(C(C)C)cc1C(C)C)O2. The maximum absolute atomic E-state index is 14.1. The van der Waals surface area contributed by atoms with Crippen LogP contribution in [0.15, 0.2) is 48.5 Å². The molecule has 0 spiro atoms. The third-order valence-electron chi connectivity index (χ3n) is 7.07. The Balaban J connectivity index is 1.80. The second-order valence-electron chi connectivity index (χ2n) is 10.4. The third kappa shape index (κ3) is 4.76. The summed E-state index contributed by atoms with van der Waals surface area (Å²) in [4.78, 5) is 0. The fourth-order valence-corrected chi connectivity index (χ4v) is 6.76. The van der Waals surface area contributed by atoms with Gasteiger partial charge < -0.3 is 14.2 Å². The number of fused-ring (bicyclic) bond motifs is 1. The van der Waals surface area contributed by atoms with Crippen LogP contribution in [0.5, 0.6) is 17.2 Å². The van der Waals surface area contributed by atoms with Crippen LogP contribution < -0.4 is 19.5 Å². The van der Waals surface area contributed by atoms with E-state index in [1.54, 1.807) is 14.2 Å². The first-order valence-electron chi connectivity index (χ1n) is 12.8. The molecule has 0 radical (unpaired) electrons. The Morgan fingerprint density at radius 2 is 1.39 bits per heavy atom. The lowest BCUT2D eigenvalue weighted by Gasteiger charge is -2.23. The highest BCUT2D eigenvalue weighted by Gasteiger charge is 2.48. The van der Waals surface area contributed by atoms with Gasteiger partial charge in [0.25, 0.3) is 0 Å². The summed E-state index contributed by atoms with van der Waals surface area (Å²) in [6.45, 7) is 13.4. The first-order valence-corrected chi connectivity index (χ1v) is 14.1. The molecule has 5 heteroatoms. The van der Waals surface area contributed by atoms with E-state index >= 15 is 0 Å². The van der Waals surface area contributed by atoms with Crippen molar-refractivity contribution in [2.45, 2.75) is 71.6 Å². The topological polar surface area (TPSA) is 44.8 Å². The van der Waals surface area contributed by atoms with Crippen LogP contribution in [0.1, 0.15) is 81.5 Å². The Labute approximate surface area is 216 Å². The normalized spacial score (nSPS) is 16.0. The zero-order valence-corrected chi connectivity index (χ0v) is 23.6. The van der Waals surface area contributed by atoms with E-state index in [9.17, 15) is 4.57 Å². The zero-order chi connectivity index (χ0) is 26.1. The monoisotopic (exact) mass is 505 g/mol. The molecule has 3 aromatic carbocycles. The molecule has 0 bridgehead atoms. The van der Waals surface area contributed by atoms with Crippen molar-refractivity contribution < 1.29 is 18.8 Å². The van der Waals surface area contributed by atoms with Gasteiger partial charge in [0.1, 0.15) is 11.5 Å². The third-order valence-corrected chi connectivity index (χ3v) is 8.78. The number of rotatable bonds is 8. The van der Waals surface area contributed by atoms with Gasteiger partial charge in [-0.25, -0.2) is 0 Å². The van der Waals surface area contributed by atoms with E-state index in [-0.39, 0.29) is 0 Å². The van der Waals surface area contributed by atoms with Crippen molar-refractivity contribution in [1.29, 1.82) is 0 Å². The van der Waals surface area contributed by atoms with E-state index in [4.69, 9.17) is 14.2 Å². The first kappa shape index (κ1) is 26.2. The van der Waals surface area contributed by atoms with E-state index < -0.39 is 13.6 Å². The maximum atomic E-state index is 14.1. The Hall–Kier alpha value is -2.84. The van der Waals surface area contributed by atoms with Crippen molar-refractivity contribution in [2.24, 2.45) is 0 Å². The predicted octanol–water partition coefficient (Wildman–Crippen LogP) is 8.15. The van der Waals surface area contributed by atoms with E-state index in [2.05, 4.69) is 53.7 Å². The molecule has 0 fully saturated rings. The van der Waals surface area contributed by atoms with Crippen LogP contribution >= 0.6 is 7.80 Å². The molecule has 0 N–H and O–H groups in total. The molecule has 36 heavy (non-hydrogen) atoms. The van der Waals surface area contributed by atoms with Crippen molar-refractivity contribution in [3.8, 4) is 28.4 Å². The van der Waals surface area contributed by atoms with Gasteiger partial charge in [-0.2, -0.15) is 0 Å². The van der Waals surface area contributed by atoms with Gasteiger partial charge in [0.05, 0.1) is 26.2 Å². The Kier molecular flexibility index (Phi) is 7.76. The number of hydrogen-bond donors (Lipinski definition) is 0. The van der Waals surface area contributed by atoms with Gasteiger partial charge in [-0.1, -0.05) is 70.4 Å². The van der Waals surface area contributed by atoms with Crippen LogP contribution in [0.25, 0.3) is 11.1 Å². The van der Waals surface area contributed by atoms with Crippen LogP contribution in [0.3, 0.4) is 0 Å². The second-order valence-corrected chi connectivity index (χ2v) is 12.1. The summed E-state index contributed by atoms with van der Waals surface area (Å²) in [5.74, 6) is 2.82. The van der Waals surface area contributed by atoms with Gasteiger partial charge in [0.15, 0.2) is 5.75 Å². The summed E-state index contributed by atoms with van der Waals surface area (Å²) in [6, 6.07) is 16.2. The minimum Gasteiger partial charge on any atom is -0.496 e. The molecule has 0 amide bonds. The molecule has 1 heterocycles. The number of ether oxygens (including phenoxy) is 3. The summed E-state index contributed by atoms with van der Waals surface area (Å²) in [5.41, 5.74) is 6.95. The van der Waals surface area contributed by atoms with Crippen LogP contribution in [-0.4, -0.2) is 20.1 Å². The molecule has 4 nitrogen and oxygen atoms in total. The standard InChI is InChI=1S/C31H38O4P/c1-18(2)21-15-23(19(3)4)25(24(16-21)20(5)6)17-29-35-28-14-9-11-22(31(28)36(29)32)30-26(33-7)12-10-13-27(30)34-8/h9-16,18-20,29H,17H2,1-8H3/q+1/t29-/m1/s1. The molecule has 4 rings (SSSR count). The molecule has 2 atom stereocenters. The maximum Gasteiger partial charge on any atom is 0.426 e. The molecular formula is C31H38O4P+. The quantitative estimate of drug-likeness (QED) is 0.290. The summed E-state index contributed by atoms with van der Waals surface area (Å²) < 4.78 is 31.8. The molecule has 1 aliphatic heterocycles. The van der Waals surface area contributed by atoms with Crippen molar-refractivity contribution >= 4 is 13.1 Å². The van der Waals surface area contributed by atoms with E-state index in [1.807, 2.05) is 36.4 Å². The minimum absolute atomic E-state index is 0.367. The van der Waals surface area contributed by atoms with Gasteiger partial charge >= 0.3 is 13.6 Å². The average molecular weight is 506 g/mol. The highest BCUT2D eigenvalue weighted by Crippen LogP contribution is 2.49. The molecule has 0 saturated heterocycles. The average Bonchev–Trinajstić information content (AvgIpc) is 3.18. The minimum atomic E-state index is -1.81. The van der Waals surface area contributed by atoms with Crippen molar-refractivity contribution in [1.82, 2.24) is 0 Å². The first-order chi connectivity index (χ1) is 17.2. The van der Waals surface area contributed by atoms with Crippen LogP contribution in [0.2, 0.25) is 0 Å². The molecule has 3 aromatic rings. The predicted molar refractivity (Wildman–Crippen MR) is 149 cm³/mol. The molecule has 1 unspecified atom stereocenters. The largest absolute Gasteiger partial charge is 0.496 e. The number of hydrogen-bond acceptors (Lipinski definition) is 4. The molecule has 190 valence electrons. The highest BCUT2D eigenvalue weighted by atomic mass is 31.1. The highest BCUT2D eigenvalue weighted by molar-refractivity contribution is 7.55. The molecule has 0 saturated carbocycles. The van der Waals surface area contributed by atoms with E-state index in [0.717, 1.165) is 16.4 Å². The van der Waals surface area contributed by atoms with Gasteiger partial charge in [-0.15, -0.1) is 0 Å². The molecule has 0 aromatic heterocycles. The number of methoxy groups -OCH3 is 2. The molecule has 1 aliphatic rings. The van der Waals surface area contributed by atoms with Crippen LogP contribution in [0, 0.1) is 0 Å². The Morgan fingerprint density at radius 1 is 0.833 bits per heavy atom. The van der Waals surface area contributed by atoms with Crippen LogP contribution in [0.4, 0.5) is 0 Å². The zero-order valence-electron chi connectivity index (χ0n) is 22.7. The van der Waals surface area contributed by atoms with E-state index in [0.29, 0.717) is 41.4 Å². The number of benzene rings is 3. The Bertz CT molecular complexity index is 1220. The molecular weight excluding hydrogens is 467 g/mol. The summed E-state index contributed by atoms with van der Waals surface area (Å²) in [7, 11) is 1.47. The van der Waals surface area contributed by atoms with Gasteiger partial charge in [-0.3, -0.25) is 0 Å². The van der Waals surface area contributed by atoms with Crippen molar-refractivity contribution in [3.63, 3.8) is 0 Å². The Morgan fingerprint density at radius 3 is 1.89 bits per heavy atom. The second kappa shape index (κ2) is 10.6. The van der Waals surface area contributed by atoms with Gasteiger partial charge in [-0.05, 0) is 64.3 Å². The fourth-order valence-electron chi connectivity index (χ4n) is 5.14. The summed E-state index contributed by atoms with van der Waals surface area (Å²) >= 11 is 0. The smallest absolute Gasteiger partial charge is 0.426 e. The van der Waals surface area contributed by atoms with E-state index in [1.165, 1.54) is 22.3 Å². The lowest BCUT2D eigenvalue weighted by atomic mass is 9.83. The molecule has 0 aliphatic carbocycles. The lowest BCUT2D eigenvalue weighted by molar-refractivity contribution is 0.290. The summed E-state index contributed by atoms with van der Waals surface area (Å²) in [6.07, 6.45) is 0.617. The van der Waals surface area contributed by atoms with Crippen LogP contribution in [-0.2, 0) is 11.0 Å². The van der Waals surface area contributed by atoms with Gasteiger partial charge in [0, 0.05) is 5.56 Å². The summed E-state index contributed by atoms with van der Waals surface area (Å²) in [5, 5.41) is 0.747. The lowest BCUT2D eigenvalue weighted by Crippen LogP contribution is -2.16.